The van der Waals surface area contributed by atoms with Crippen LogP contribution in [-0.4, -0.2) is 19.3 Å². The minimum absolute atomic E-state index is 0.171. The fourth-order valence-electron chi connectivity index (χ4n) is 2.87. The number of halogens is 1. The number of carbonyl (C=O) groups excluding carboxylic acids is 1. The number of rotatable bonds is 6. The molecule has 4 rings (SSSR count). The number of hydrogen-bond acceptors (Lipinski definition) is 5. The van der Waals surface area contributed by atoms with E-state index in [4.69, 9.17) is 11.6 Å². The molecule has 2 N–H and O–H groups in total. The summed E-state index contributed by atoms with van der Waals surface area (Å²) in [7, 11) is -3.71. The lowest BCUT2D eigenvalue weighted by Gasteiger charge is -2.09. The molecule has 1 aromatic heterocycles. The van der Waals surface area contributed by atoms with Crippen LogP contribution in [0.5, 0.6) is 0 Å². The minimum atomic E-state index is -3.71. The van der Waals surface area contributed by atoms with E-state index in [0.717, 1.165) is 16.8 Å². The topological polar surface area (TPSA) is 88.2 Å². The van der Waals surface area contributed by atoms with Crippen molar-refractivity contribution in [3.05, 3.63) is 94.3 Å². The fourth-order valence-corrected chi connectivity index (χ4v) is 4.77. The van der Waals surface area contributed by atoms with Crippen LogP contribution in [0, 0.1) is 6.92 Å². The third-order valence-corrected chi connectivity index (χ3v) is 7.00. The zero-order valence-corrected chi connectivity index (χ0v) is 19.3. The third-order valence-electron chi connectivity index (χ3n) is 4.60. The Bertz CT molecular complexity index is 1350. The maximum Gasteiger partial charge on any atom is 0.261 e. The quantitative estimate of drug-likeness (QED) is 0.361. The number of carbonyl (C=O) groups is 1. The molecule has 0 aliphatic heterocycles. The summed E-state index contributed by atoms with van der Waals surface area (Å²) in [5.74, 6) is -0.338. The number of benzene rings is 3. The highest BCUT2D eigenvalue weighted by atomic mass is 35.5. The Morgan fingerprint density at radius 2 is 1.59 bits per heavy atom. The van der Waals surface area contributed by atoms with Crippen LogP contribution >= 0.6 is 22.9 Å². The van der Waals surface area contributed by atoms with Gasteiger partial charge in [-0.05, 0) is 55.5 Å². The Morgan fingerprint density at radius 1 is 0.938 bits per heavy atom. The average molecular weight is 484 g/mol. The van der Waals surface area contributed by atoms with Crippen molar-refractivity contribution < 1.29 is 13.2 Å². The van der Waals surface area contributed by atoms with Gasteiger partial charge < -0.3 is 0 Å². The molecule has 0 radical (unpaired) electrons. The van der Waals surface area contributed by atoms with E-state index in [2.05, 4.69) is 15.0 Å². The Kier molecular flexibility index (Phi) is 6.27. The highest BCUT2D eigenvalue weighted by Gasteiger charge is 2.15. The first-order valence-corrected chi connectivity index (χ1v) is 12.3. The monoisotopic (exact) mass is 483 g/mol. The number of nitrogens with zero attached hydrogens (tertiary/aromatic N) is 1. The summed E-state index contributed by atoms with van der Waals surface area (Å²) in [5.41, 5.74) is 3.35. The maximum atomic E-state index is 12.6. The second-order valence-corrected chi connectivity index (χ2v) is 9.97. The van der Waals surface area contributed by atoms with Crippen molar-refractivity contribution in [2.45, 2.75) is 11.8 Å². The van der Waals surface area contributed by atoms with Crippen LogP contribution in [0.2, 0.25) is 5.02 Å². The standard InChI is InChI=1S/C23H18ClN3O3S2/c1-15-2-12-20(13-3-15)32(29,30)27-19-10-6-17(7-11-19)22(28)26-23-25-21(14-31-23)16-4-8-18(24)9-5-16/h2-14,27H,1H3,(H,25,26,28). The number of aryl methyl sites for hydroxylation is 1. The summed E-state index contributed by atoms with van der Waals surface area (Å²) in [5, 5.41) is 5.71. The first kappa shape index (κ1) is 22.0. The molecule has 162 valence electrons. The van der Waals surface area contributed by atoms with Gasteiger partial charge in [0.1, 0.15) is 0 Å². The molecule has 0 aliphatic carbocycles. The van der Waals surface area contributed by atoms with Gasteiger partial charge in [-0.3, -0.25) is 14.8 Å². The smallest absolute Gasteiger partial charge is 0.261 e. The third kappa shape index (κ3) is 5.16. The van der Waals surface area contributed by atoms with E-state index >= 15 is 0 Å². The van der Waals surface area contributed by atoms with E-state index in [1.807, 2.05) is 24.4 Å². The molecule has 0 spiro atoms. The number of amides is 1. The lowest BCUT2D eigenvalue weighted by atomic mass is 10.2. The van der Waals surface area contributed by atoms with Crippen molar-refractivity contribution in [3.63, 3.8) is 0 Å². The van der Waals surface area contributed by atoms with Gasteiger partial charge in [0.15, 0.2) is 5.13 Å². The molecule has 0 saturated carbocycles. The van der Waals surface area contributed by atoms with Gasteiger partial charge in [0, 0.05) is 27.2 Å². The maximum absolute atomic E-state index is 12.6. The number of sulfonamides is 1. The van der Waals surface area contributed by atoms with Crippen molar-refractivity contribution in [1.29, 1.82) is 0 Å². The Morgan fingerprint density at radius 3 is 2.25 bits per heavy atom. The summed E-state index contributed by atoms with van der Waals surface area (Å²) in [6.07, 6.45) is 0. The van der Waals surface area contributed by atoms with E-state index in [9.17, 15) is 13.2 Å². The van der Waals surface area contributed by atoms with Crippen LogP contribution in [0.1, 0.15) is 15.9 Å². The van der Waals surface area contributed by atoms with E-state index in [1.54, 1.807) is 60.7 Å². The Balaban J connectivity index is 1.42. The second-order valence-electron chi connectivity index (χ2n) is 6.99. The molecule has 9 heteroatoms. The van der Waals surface area contributed by atoms with Crippen molar-refractivity contribution in [3.8, 4) is 11.3 Å². The Hall–Kier alpha value is -3.20. The lowest BCUT2D eigenvalue weighted by molar-refractivity contribution is 0.102. The van der Waals surface area contributed by atoms with Gasteiger partial charge in [0.05, 0.1) is 10.6 Å². The molecule has 0 fully saturated rings. The summed E-state index contributed by atoms with van der Waals surface area (Å²) >= 11 is 7.23. The van der Waals surface area contributed by atoms with Crippen molar-refractivity contribution >= 4 is 49.7 Å². The summed E-state index contributed by atoms with van der Waals surface area (Å²) in [4.78, 5) is 17.2. The van der Waals surface area contributed by atoms with Gasteiger partial charge in [0.2, 0.25) is 0 Å². The number of anilines is 2. The molecule has 3 aromatic carbocycles. The molecule has 0 aliphatic rings. The number of aromatic nitrogens is 1. The molecule has 6 nitrogen and oxygen atoms in total. The van der Waals surface area contributed by atoms with Gasteiger partial charge in [-0.2, -0.15) is 0 Å². The van der Waals surface area contributed by atoms with Crippen LogP contribution < -0.4 is 10.0 Å². The number of thiazole rings is 1. The predicted octanol–water partition coefficient (Wildman–Crippen LogP) is 5.83. The van der Waals surface area contributed by atoms with Crippen LogP contribution in [0.15, 0.2) is 83.1 Å². The number of hydrogen-bond donors (Lipinski definition) is 2. The SMILES string of the molecule is Cc1ccc(S(=O)(=O)Nc2ccc(C(=O)Nc3nc(-c4ccc(Cl)cc4)cs3)cc2)cc1. The largest absolute Gasteiger partial charge is 0.298 e. The van der Waals surface area contributed by atoms with E-state index < -0.39 is 10.0 Å². The second kappa shape index (κ2) is 9.12. The highest BCUT2D eigenvalue weighted by molar-refractivity contribution is 7.92. The normalized spacial score (nSPS) is 11.2. The predicted molar refractivity (Wildman–Crippen MR) is 129 cm³/mol. The summed E-state index contributed by atoms with van der Waals surface area (Å²) < 4.78 is 27.5. The molecular weight excluding hydrogens is 466 g/mol. The fraction of sp³-hybridized carbons (Fsp3) is 0.0435. The molecule has 0 atom stereocenters. The van der Waals surface area contributed by atoms with Crippen LogP contribution in [0.4, 0.5) is 10.8 Å². The van der Waals surface area contributed by atoms with Gasteiger partial charge in [-0.25, -0.2) is 13.4 Å². The molecule has 4 aromatic rings. The summed E-state index contributed by atoms with van der Waals surface area (Å²) in [6, 6.07) is 20.0. The van der Waals surface area contributed by atoms with Crippen molar-refractivity contribution in [2.24, 2.45) is 0 Å². The zero-order chi connectivity index (χ0) is 22.7. The molecule has 0 bridgehead atoms. The van der Waals surface area contributed by atoms with Gasteiger partial charge in [-0.15, -0.1) is 11.3 Å². The molecule has 1 amide bonds. The van der Waals surface area contributed by atoms with Gasteiger partial charge in [0.25, 0.3) is 15.9 Å². The van der Waals surface area contributed by atoms with Crippen molar-refractivity contribution in [1.82, 2.24) is 4.98 Å². The zero-order valence-electron chi connectivity index (χ0n) is 16.9. The minimum Gasteiger partial charge on any atom is -0.298 e. The molecule has 32 heavy (non-hydrogen) atoms. The molecular formula is C23H18ClN3O3S2. The molecule has 1 heterocycles. The van der Waals surface area contributed by atoms with E-state index in [-0.39, 0.29) is 10.8 Å². The van der Waals surface area contributed by atoms with Crippen LogP contribution in [0.25, 0.3) is 11.3 Å². The summed E-state index contributed by atoms with van der Waals surface area (Å²) in [6.45, 7) is 1.89. The first-order valence-electron chi connectivity index (χ1n) is 9.52. The van der Waals surface area contributed by atoms with Crippen LogP contribution in [0.3, 0.4) is 0 Å². The average Bonchev–Trinajstić information content (AvgIpc) is 3.23. The molecule has 0 unspecified atom stereocenters. The lowest BCUT2D eigenvalue weighted by Crippen LogP contribution is -2.14. The van der Waals surface area contributed by atoms with Crippen molar-refractivity contribution in [2.75, 3.05) is 10.0 Å². The first-order chi connectivity index (χ1) is 15.3. The van der Waals surface area contributed by atoms with Gasteiger partial charge >= 0.3 is 0 Å². The number of nitrogens with one attached hydrogen (secondary N) is 2. The highest BCUT2D eigenvalue weighted by Crippen LogP contribution is 2.26. The van der Waals surface area contributed by atoms with E-state index in [1.165, 1.54) is 11.3 Å². The van der Waals surface area contributed by atoms with E-state index in [0.29, 0.717) is 21.4 Å². The van der Waals surface area contributed by atoms with Crippen LogP contribution in [-0.2, 0) is 10.0 Å². The molecule has 0 saturated heterocycles. The van der Waals surface area contributed by atoms with Gasteiger partial charge in [-0.1, -0.05) is 41.4 Å². The Labute approximate surface area is 195 Å².